The van der Waals surface area contributed by atoms with Gasteiger partial charge in [-0.2, -0.15) is 0 Å². The second kappa shape index (κ2) is 5.82. The van der Waals surface area contributed by atoms with Gasteiger partial charge in [0.25, 0.3) is 5.89 Å². The summed E-state index contributed by atoms with van der Waals surface area (Å²) in [5.41, 5.74) is 2.26. The van der Waals surface area contributed by atoms with Gasteiger partial charge in [0.05, 0.1) is 30.4 Å². The summed E-state index contributed by atoms with van der Waals surface area (Å²) in [6.07, 6.45) is 6.18. The molecule has 3 aromatic heterocycles. The van der Waals surface area contributed by atoms with Gasteiger partial charge in [-0.15, -0.1) is 10.2 Å². The van der Waals surface area contributed by atoms with Crippen LogP contribution in [0.4, 0.5) is 0 Å². The lowest BCUT2D eigenvalue weighted by Crippen LogP contribution is -2.53. The SMILES string of the molecule is c1coc(-c2nnc(CN3CCc4[nH]cnc4C34CCOCC4)o2)c1. The fourth-order valence-corrected chi connectivity index (χ4v) is 4.00. The van der Waals surface area contributed by atoms with E-state index < -0.39 is 0 Å². The Kier molecular flexibility index (Phi) is 3.46. The number of fused-ring (bicyclic) bond motifs is 2. The summed E-state index contributed by atoms with van der Waals surface area (Å²) < 4.78 is 16.8. The van der Waals surface area contributed by atoms with Gasteiger partial charge in [0.15, 0.2) is 5.76 Å². The Morgan fingerprint density at radius 1 is 1.24 bits per heavy atom. The van der Waals surface area contributed by atoms with E-state index in [9.17, 15) is 0 Å². The summed E-state index contributed by atoms with van der Waals surface area (Å²) in [5, 5.41) is 8.32. The molecule has 5 rings (SSSR count). The van der Waals surface area contributed by atoms with Crippen LogP contribution in [0.2, 0.25) is 0 Å². The normalized spacial score (nSPS) is 20.0. The van der Waals surface area contributed by atoms with Crippen LogP contribution in [0.1, 0.15) is 30.1 Å². The molecule has 0 unspecified atom stereocenters. The van der Waals surface area contributed by atoms with E-state index in [0.29, 0.717) is 24.1 Å². The van der Waals surface area contributed by atoms with Gasteiger partial charge in [-0.05, 0) is 25.0 Å². The highest BCUT2D eigenvalue weighted by atomic mass is 16.5. The van der Waals surface area contributed by atoms with Gasteiger partial charge in [0.2, 0.25) is 5.89 Å². The molecule has 0 radical (unpaired) electrons. The first-order valence-electron chi connectivity index (χ1n) is 8.57. The largest absolute Gasteiger partial charge is 0.459 e. The maximum absolute atomic E-state index is 5.82. The number of ether oxygens (including phenoxy) is 1. The third-order valence-corrected chi connectivity index (χ3v) is 5.24. The Morgan fingerprint density at radius 2 is 2.16 bits per heavy atom. The number of aromatic nitrogens is 4. The van der Waals surface area contributed by atoms with Crippen LogP contribution < -0.4 is 0 Å². The molecule has 5 heterocycles. The molecule has 0 aliphatic carbocycles. The molecule has 1 N–H and O–H groups in total. The third kappa shape index (κ3) is 2.40. The topological polar surface area (TPSA) is 93.2 Å². The quantitative estimate of drug-likeness (QED) is 0.780. The molecule has 1 fully saturated rings. The van der Waals surface area contributed by atoms with Crippen LogP contribution in [-0.4, -0.2) is 44.8 Å². The fraction of sp³-hybridized carbons (Fsp3) is 0.471. The van der Waals surface area contributed by atoms with Gasteiger partial charge in [0.1, 0.15) is 0 Å². The molecule has 0 aromatic carbocycles. The predicted molar refractivity (Wildman–Crippen MR) is 86.4 cm³/mol. The molecular formula is C17H19N5O3. The summed E-state index contributed by atoms with van der Waals surface area (Å²) in [6.45, 7) is 3.00. The first kappa shape index (κ1) is 14.9. The van der Waals surface area contributed by atoms with Gasteiger partial charge < -0.3 is 18.6 Å². The van der Waals surface area contributed by atoms with Crippen molar-refractivity contribution in [3.8, 4) is 11.7 Å². The molecule has 8 heteroatoms. The van der Waals surface area contributed by atoms with E-state index in [0.717, 1.165) is 44.7 Å². The smallest absolute Gasteiger partial charge is 0.283 e. The summed E-state index contributed by atoms with van der Waals surface area (Å²) in [7, 11) is 0. The van der Waals surface area contributed by atoms with Crippen molar-refractivity contribution in [2.45, 2.75) is 31.3 Å². The highest BCUT2D eigenvalue weighted by Gasteiger charge is 2.46. The molecule has 0 atom stereocenters. The Morgan fingerprint density at radius 3 is 3.00 bits per heavy atom. The van der Waals surface area contributed by atoms with Crippen molar-refractivity contribution in [2.24, 2.45) is 0 Å². The number of aromatic amines is 1. The van der Waals surface area contributed by atoms with Crippen LogP contribution in [0.15, 0.2) is 33.6 Å². The zero-order chi connectivity index (χ0) is 16.7. The Bertz CT molecular complexity index is 847. The number of nitrogens with one attached hydrogen (secondary N) is 1. The number of hydrogen-bond acceptors (Lipinski definition) is 7. The minimum absolute atomic E-state index is 0.120. The van der Waals surface area contributed by atoms with Crippen molar-refractivity contribution < 1.29 is 13.6 Å². The lowest BCUT2D eigenvalue weighted by atomic mass is 9.80. The van der Waals surface area contributed by atoms with Crippen LogP contribution in [-0.2, 0) is 23.2 Å². The number of nitrogens with zero attached hydrogens (tertiary/aromatic N) is 4. The van der Waals surface area contributed by atoms with Crippen molar-refractivity contribution >= 4 is 0 Å². The molecule has 25 heavy (non-hydrogen) atoms. The summed E-state index contributed by atoms with van der Waals surface area (Å²) >= 11 is 0. The molecule has 2 aliphatic rings. The summed E-state index contributed by atoms with van der Waals surface area (Å²) in [4.78, 5) is 10.3. The van der Waals surface area contributed by atoms with Crippen molar-refractivity contribution in [1.29, 1.82) is 0 Å². The Balaban J connectivity index is 1.45. The zero-order valence-electron chi connectivity index (χ0n) is 13.8. The van der Waals surface area contributed by atoms with Crippen molar-refractivity contribution in [3.05, 3.63) is 42.0 Å². The number of H-pyrrole nitrogens is 1. The average Bonchev–Trinajstić information content (AvgIpc) is 3.39. The van der Waals surface area contributed by atoms with Gasteiger partial charge >= 0.3 is 0 Å². The molecule has 130 valence electrons. The predicted octanol–water partition coefficient (Wildman–Crippen LogP) is 2.12. The van der Waals surface area contributed by atoms with Gasteiger partial charge in [-0.3, -0.25) is 4.90 Å². The first-order valence-corrected chi connectivity index (χ1v) is 8.57. The minimum atomic E-state index is -0.120. The summed E-state index contributed by atoms with van der Waals surface area (Å²) in [5.74, 6) is 1.60. The fourth-order valence-electron chi connectivity index (χ4n) is 4.00. The lowest BCUT2D eigenvalue weighted by Gasteiger charge is -2.47. The van der Waals surface area contributed by atoms with E-state index in [2.05, 4.69) is 25.1 Å². The average molecular weight is 341 g/mol. The van der Waals surface area contributed by atoms with Crippen LogP contribution in [0, 0.1) is 0 Å². The molecule has 1 saturated heterocycles. The Labute approximate surface area is 144 Å². The molecule has 8 nitrogen and oxygen atoms in total. The van der Waals surface area contributed by atoms with Crippen LogP contribution >= 0.6 is 0 Å². The molecule has 0 amide bonds. The van der Waals surface area contributed by atoms with E-state index in [1.807, 2.05) is 6.07 Å². The van der Waals surface area contributed by atoms with Crippen LogP contribution in [0.25, 0.3) is 11.7 Å². The number of hydrogen-bond donors (Lipinski definition) is 1. The second-order valence-corrected chi connectivity index (χ2v) is 6.52. The minimum Gasteiger partial charge on any atom is -0.459 e. The lowest BCUT2D eigenvalue weighted by molar-refractivity contribution is -0.0480. The van der Waals surface area contributed by atoms with Crippen molar-refractivity contribution in [3.63, 3.8) is 0 Å². The number of rotatable bonds is 3. The number of imidazole rings is 1. The van der Waals surface area contributed by atoms with E-state index in [1.165, 1.54) is 5.69 Å². The maximum atomic E-state index is 5.82. The van der Waals surface area contributed by atoms with Crippen LogP contribution in [0.3, 0.4) is 0 Å². The molecule has 1 spiro atoms. The van der Waals surface area contributed by atoms with E-state index >= 15 is 0 Å². The third-order valence-electron chi connectivity index (χ3n) is 5.24. The summed E-state index contributed by atoms with van der Waals surface area (Å²) in [6, 6.07) is 3.62. The Hall–Kier alpha value is -2.45. The highest BCUT2D eigenvalue weighted by molar-refractivity contribution is 5.42. The number of furan rings is 1. The molecule has 3 aromatic rings. The van der Waals surface area contributed by atoms with E-state index in [1.54, 1.807) is 18.7 Å². The standard InChI is InChI=1S/C17H19N5O3/c1-2-13(24-7-1)16-21-20-14(25-16)10-22-6-3-12-15(19-11-18-12)17(22)4-8-23-9-5-17/h1-2,7,11H,3-6,8-10H2,(H,18,19). The van der Waals surface area contributed by atoms with Gasteiger partial charge in [0, 0.05) is 31.9 Å². The van der Waals surface area contributed by atoms with E-state index in [-0.39, 0.29) is 5.54 Å². The maximum Gasteiger partial charge on any atom is 0.283 e. The molecular weight excluding hydrogens is 322 g/mol. The second-order valence-electron chi connectivity index (χ2n) is 6.52. The van der Waals surface area contributed by atoms with Gasteiger partial charge in [-0.1, -0.05) is 0 Å². The highest BCUT2D eigenvalue weighted by Crippen LogP contribution is 2.42. The van der Waals surface area contributed by atoms with Crippen molar-refractivity contribution in [1.82, 2.24) is 25.1 Å². The monoisotopic (exact) mass is 341 g/mol. The molecule has 0 saturated carbocycles. The van der Waals surface area contributed by atoms with Crippen LogP contribution in [0.5, 0.6) is 0 Å². The first-order chi connectivity index (χ1) is 12.4. The zero-order valence-corrected chi connectivity index (χ0v) is 13.8. The molecule has 0 bridgehead atoms. The molecule has 2 aliphatic heterocycles. The van der Waals surface area contributed by atoms with E-state index in [4.69, 9.17) is 13.6 Å². The van der Waals surface area contributed by atoms with Crippen molar-refractivity contribution in [2.75, 3.05) is 19.8 Å². The van der Waals surface area contributed by atoms with Gasteiger partial charge in [-0.25, -0.2) is 4.98 Å².